The summed E-state index contributed by atoms with van der Waals surface area (Å²) in [5.74, 6) is 1.02. The second-order valence-electron chi connectivity index (χ2n) is 6.12. The highest BCUT2D eigenvalue weighted by atomic mass is 16.3. The average Bonchev–Trinajstić information content (AvgIpc) is 2.97. The van der Waals surface area contributed by atoms with E-state index in [1.165, 1.54) is 0 Å². The van der Waals surface area contributed by atoms with Crippen molar-refractivity contribution in [3.8, 4) is 0 Å². The molecular formula is C20H21N3O3. The minimum absolute atomic E-state index is 0.104. The number of pyridine rings is 1. The number of para-hydroxylation sites is 1. The fourth-order valence-corrected chi connectivity index (χ4v) is 2.82. The molecule has 3 rings (SSSR count). The van der Waals surface area contributed by atoms with Crippen LogP contribution in [0, 0.1) is 13.8 Å². The first-order chi connectivity index (χ1) is 12.5. The maximum absolute atomic E-state index is 12.2. The molecule has 2 aromatic heterocycles. The molecular weight excluding hydrogens is 330 g/mol. The highest BCUT2D eigenvalue weighted by Crippen LogP contribution is 2.20. The van der Waals surface area contributed by atoms with Crippen molar-refractivity contribution in [3.63, 3.8) is 0 Å². The Hall–Kier alpha value is -3.15. The molecule has 26 heavy (non-hydrogen) atoms. The molecule has 0 unspecified atom stereocenters. The zero-order chi connectivity index (χ0) is 18.5. The van der Waals surface area contributed by atoms with Gasteiger partial charge in [-0.25, -0.2) is 0 Å². The molecule has 0 fully saturated rings. The number of aryl methyl sites for hydroxylation is 2. The van der Waals surface area contributed by atoms with E-state index in [9.17, 15) is 9.59 Å². The molecule has 6 nitrogen and oxygen atoms in total. The van der Waals surface area contributed by atoms with Gasteiger partial charge in [0.1, 0.15) is 11.5 Å². The van der Waals surface area contributed by atoms with Crippen LogP contribution in [-0.2, 0) is 4.79 Å². The molecule has 0 aliphatic rings. The summed E-state index contributed by atoms with van der Waals surface area (Å²) in [5.41, 5.74) is 2.00. The monoisotopic (exact) mass is 351 g/mol. The standard InChI is InChI=1S/C20H21N3O3/c1-13-12-16(14(2)26-13)20(25)22-11-5-9-18(24)23-17-8-3-6-15-7-4-10-21-19(15)17/h3-4,6-8,10,12H,5,9,11H2,1-2H3,(H,22,25)(H,23,24). The van der Waals surface area contributed by atoms with Crippen LogP contribution in [-0.4, -0.2) is 23.3 Å². The van der Waals surface area contributed by atoms with Crippen LogP contribution in [0.25, 0.3) is 10.9 Å². The van der Waals surface area contributed by atoms with Crippen molar-refractivity contribution in [1.82, 2.24) is 10.3 Å². The van der Waals surface area contributed by atoms with Crippen molar-refractivity contribution in [2.45, 2.75) is 26.7 Å². The second-order valence-corrected chi connectivity index (χ2v) is 6.12. The number of aromatic nitrogens is 1. The van der Waals surface area contributed by atoms with Gasteiger partial charge in [0.2, 0.25) is 5.91 Å². The lowest BCUT2D eigenvalue weighted by Crippen LogP contribution is -2.25. The molecule has 0 saturated heterocycles. The van der Waals surface area contributed by atoms with Gasteiger partial charge in [-0.1, -0.05) is 18.2 Å². The quantitative estimate of drug-likeness (QED) is 0.665. The molecule has 0 spiro atoms. The van der Waals surface area contributed by atoms with Crippen molar-refractivity contribution < 1.29 is 14.0 Å². The lowest BCUT2D eigenvalue weighted by Gasteiger charge is -2.08. The molecule has 2 N–H and O–H groups in total. The van der Waals surface area contributed by atoms with Crippen LogP contribution < -0.4 is 10.6 Å². The Kier molecular flexibility index (Phi) is 5.31. The van der Waals surface area contributed by atoms with Gasteiger partial charge in [-0.2, -0.15) is 0 Å². The molecule has 0 aliphatic heterocycles. The number of hydrogen-bond donors (Lipinski definition) is 2. The molecule has 0 saturated carbocycles. The van der Waals surface area contributed by atoms with Crippen molar-refractivity contribution in [1.29, 1.82) is 0 Å². The number of nitrogens with one attached hydrogen (secondary N) is 2. The number of carbonyl (C=O) groups is 2. The molecule has 134 valence electrons. The third-order valence-electron chi connectivity index (χ3n) is 4.06. The summed E-state index contributed by atoms with van der Waals surface area (Å²) in [6, 6.07) is 11.2. The van der Waals surface area contributed by atoms with Crippen LogP contribution in [0.15, 0.2) is 47.0 Å². The SMILES string of the molecule is Cc1cc(C(=O)NCCCC(=O)Nc2cccc3cccnc23)c(C)o1. The number of anilines is 1. The summed E-state index contributed by atoms with van der Waals surface area (Å²) in [5, 5.41) is 6.67. The maximum atomic E-state index is 12.2. The third kappa shape index (κ3) is 4.08. The summed E-state index contributed by atoms with van der Waals surface area (Å²) in [7, 11) is 0. The van der Waals surface area contributed by atoms with E-state index in [0.717, 1.165) is 10.9 Å². The van der Waals surface area contributed by atoms with Gasteiger partial charge in [0.15, 0.2) is 0 Å². The average molecular weight is 351 g/mol. The van der Waals surface area contributed by atoms with Gasteiger partial charge in [0, 0.05) is 24.5 Å². The van der Waals surface area contributed by atoms with Crippen LogP contribution in [0.4, 0.5) is 5.69 Å². The normalized spacial score (nSPS) is 10.7. The lowest BCUT2D eigenvalue weighted by atomic mass is 10.2. The summed E-state index contributed by atoms with van der Waals surface area (Å²) in [6.45, 7) is 3.98. The number of fused-ring (bicyclic) bond motifs is 1. The molecule has 0 aliphatic carbocycles. The molecule has 1 aromatic carbocycles. The molecule has 0 radical (unpaired) electrons. The number of amides is 2. The van der Waals surface area contributed by atoms with Crippen molar-refractivity contribution in [2.75, 3.05) is 11.9 Å². The fourth-order valence-electron chi connectivity index (χ4n) is 2.82. The zero-order valence-electron chi connectivity index (χ0n) is 14.8. The van der Waals surface area contributed by atoms with Gasteiger partial charge in [0.25, 0.3) is 5.91 Å². The van der Waals surface area contributed by atoms with E-state index in [1.807, 2.05) is 30.3 Å². The Bertz CT molecular complexity index is 941. The fraction of sp³-hybridized carbons (Fsp3) is 0.250. The topological polar surface area (TPSA) is 84.2 Å². The van der Waals surface area contributed by atoms with Crippen LogP contribution in [0.3, 0.4) is 0 Å². The zero-order valence-corrected chi connectivity index (χ0v) is 14.8. The van der Waals surface area contributed by atoms with Gasteiger partial charge in [-0.05, 0) is 38.5 Å². The summed E-state index contributed by atoms with van der Waals surface area (Å²) in [6.07, 6.45) is 2.56. The first kappa shape index (κ1) is 17.7. The molecule has 6 heteroatoms. The Morgan fingerprint density at radius 3 is 2.73 bits per heavy atom. The maximum Gasteiger partial charge on any atom is 0.254 e. The minimum Gasteiger partial charge on any atom is -0.466 e. The molecule has 3 aromatic rings. The second kappa shape index (κ2) is 7.82. The first-order valence-corrected chi connectivity index (χ1v) is 8.53. The van der Waals surface area contributed by atoms with Gasteiger partial charge < -0.3 is 15.1 Å². The Morgan fingerprint density at radius 2 is 1.96 bits per heavy atom. The van der Waals surface area contributed by atoms with Gasteiger partial charge >= 0.3 is 0 Å². The van der Waals surface area contributed by atoms with E-state index in [2.05, 4.69) is 15.6 Å². The third-order valence-corrected chi connectivity index (χ3v) is 4.06. The summed E-state index contributed by atoms with van der Waals surface area (Å²) in [4.78, 5) is 28.6. The number of hydrogen-bond acceptors (Lipinski definition) is 4. The summed E-state index contributed by atoms with van der Waals surface area (Å²) >= 11 is 0. The molecule has 0 bridgehead atoms. The Labute approximate surface area is 151 Å². The Balaban J connectivity index is 1.48. The molecule has 2 amide bonds. The van der Waals surface area contributed by atoms with E-state index in [0.29, 0.717) is 42.2 Å². The van der Waals surface area contributed by atoms with Crippen LogP contribution >= 0.6 is 0 Å². The smallest absolute Gasteiger partial charge is 0.254 e. The van der Waals surface area contributed by atoms with Crippen molar-refractivity contribution in [3.05, 3.63) is 59.7 Å². The van der Waals surface area contributed by atoms with Crippen molar-refractivity contribution >= 4 is 28.4 Å². The Morgan fingerprint density at radius 1 is 1.15 bits per heavy atom. The highest BCUT2D eigenvalue weighted by molar-refractivity contribution is 6.00. The minimum atomic E-state index is -0.182. The number of rotatable bonds is 6. The van der Waals surface area contributed by atoms with Crippen LogP contribution in [0.2, 0.25) is 0 Å². The van der Waals surface area contributed by atoms with E-state index in [-0.39, 0.29) is 11.8 Å². The molecule has 0 atom stereocenters. The van der Waals surface area contributed by atoms with Gasteiger partial charge in [-0.15, -0.1) is 0 Å². The van der Waals surface area contributed by atoms with Gasteiger partial charge in [0.05, 0.1) is 16.8 Å². The van der Waals surface area contributed by atoms with Crippen LogP contribution in [0.5, 0.6) is 0 Å². The van der Waals surface area contributed by atoms with Crippen LogP contribution in [0.1, 0.15) is 34.7 Å². The molecule has 2 heterocycles. The van der Waals surface area contributed by atoms with E-state index >= 15 is 0 Å². The number of carbonyl (C=O) groups excluding carboxylic acids is 2. The predicted molar refractivity (Wildman–Crippen MR) is 100 cm³/mol. The number of furan rings is 1. The van der Waals surface area contributed by atoms with Gasteiger partial charge in [-0.3, -0.25) is 14.6 Å². The highest BCUT2D eigenvalue weighted by Gasteiger charge is 2.13. The van der Waals surface area contributed by atoms with E-state index < -0.39 is 0 Å². The number of benzene rings is 1. The number of nitrogens with zero attached hydrogens (tertiary/aromatic N) is 1. The summed E-state index contributed by atoms with van der Waals surface area (Å²) < 4.78 is 5.35. The van der Waals surface area contributed by atoms with E-state index in [1.54, 1.807) is 26.1 Å². The first-order valence-electron chi connectivity index (χ1n) is 8.53. The van der Waals surface area contributed by atoms with E-state index in [4.69, 9.17) is 4.42 Å². The lowest BCUT2D eigenvalue weighted by molar-refractivity contribution is -0.116. The predicted octanol–water partition coefficient (Wildman–Crippen LogP) is 3.59. The largest absolute Gasteiger partial charge is 0.466 e. The van der Waals surface area contributed by atoms with Crippen molar-refractivity contribution in [2.24, 2.45) is 0 Å².